The van der Waals surface area contributed by atoms with Crippen LogP contribution in [0.4, 0.5) is 18.0 Å². The molecule has 3 aromatic rings. The third-order valence-corrected chi connectivity index (χ3v) is 5.08. The Morgan fingerprint density at radius 1 is 1.24 bits per heavy atom. The molecule has 0 unspecified atom stereocenters. The molecule has 8 nitrogen and oxygen atoms in total. The number of nitrogens with one attached hydrogen (secondary N) is 2. The molecule has 154 valence electrons. The Morgan fingerprint density at radius 2 is 2.00 bits per heavy atom. The van der Waals surface area contributed by atoms with Crippen LogP contribution in [0.25, 0.3) is 22.1 Å². The lowest BCUT2D eigenvalue weighted by Gasteiger charge is -2.30. The molecule has 1 amide bonds. The SMILES string of the molecule is O=C(NC1CCC(n2c(=O)cnc3cnc4[nH]ccc4c32)CC1)OCC(F)(F)F. The average molecular weight is 409 g/mol. The van der Waals surface area contributed by atoms with Crippen molar-refractivity contribution >= 4 is 28.2 Å². The molecular formula is C18H18F3N5O3. The summed E-state index contributed by atoms with van der Waals surface area (Å²) in [6, 6.07) is 1.43. The van der Waals surface area contributed by atoms with Crippen LogP contribution < -0.4 is 10.9 Å². The van der Waals surface area contributed by atoms with Gasteiger partial charge in [-0.2, -0.15) is 13.2 Å². The predicted molar refractivity (Wildman–Crippen MR) is 97.5 cm³/mol. The number of nitrogens with zero attached hydrogens (tertiary/aromatic N) is 3. The van der Waals surface area contributed by atoms with E-state index in [0.717, 1.165) is 5.39 Å². The van der Waals surface area contributed by atoms with Crippen molar-refractivity contribution in [3.05, 3.63) is 35.0 Å². The van der Waals surface area contributed by atoms with Crippen molar-refractivity contribution in [3.8, 4) is 0 Å². The Labute approximate surface area is 162 Å². The molecule has 1 fully saturated rings. The zero-order valence-electron chi connectivity index (χ0n) is 15.2. The summed E-state index contributed by atoms with van der Waals surface area (Å²) in [4.78, 5) is 35.7. The van der Waals surface area contributed by atoms with E-state index in [1.54, 1.807) is 17.0 Å². The molecule has 0 radical (unpaired) electrons. The molecule has 3 aromatic heterocycles. The van der Waals surface area contributed by atoms with Gasteiger partial charge < -0.3 is 19.6 Å². The maximum absolute atomic E-state index is 12.6. The number of aromatic amines is 1. The Kier molecular flexibility index (Phi) is 4.89. The lowest BCUT2D eigenvalue weighted by molar-refractivity contribution is -0.160. The Balaban J connectivity index is 1.50. The number of hydrogen-bond donors (Lipinski definition) is 2. The highest BCUT2D eigenvalue weighted by Crippen LogP contribution is 2.31. The van der Waals surface area contributed by atoms with E-state index in [0.29, 0.717) is 42.4 Å². The Bertz CT molecular complexity index is 1100. The molecule has 0 bridgehead atoms. The van der Waals surface area contributed by atoms with E-state index in [2.05, 4.69) is 25.0 Å². The maximum atomic E-state index is 12.6. The van der Waals surface area contributed by atoms with Gasteiger partial charge in [-0.1, -0.05) is 0 Å². The van der Waals surface area contributed by atoms with Crippen LogP contribution in [0.1, 0.15) is 31.7 Å². The minimum atomic E-state index is -4.56. The lowest BCUT2D eigenvalue weighted by atomic mass is 9.90. The Morgan fingerprint density at radius 3 is 2.72 bits per heavy atom. The molecule has 4 rings (SSSR count). The topological polar surface area (TPSA) is 102 Å². The number of fused-ring (bicyclic) bond motifs is 3. The summed E-state index contributed by atoms with van der Waals surface area (Å²) in [6.45, 7) is -1.62. The molecule has 3 heterocycles. The van der Waals surface area contributed by atoms with Gasteiger partial charge >= 0.3 is 12.3 Å². The number of alkyl halides is 3. The van der Waals surface area contributed by atoms with Crippen molar-refractivity contribution in [1.29, 1.82) is 0 Å². The van der Waals surface area contributed by atoms with Crippen molar-refractivity contribution in [3.63, 3.8) is 0 Å². The third-order valence-electron chi connectivity index (χ3n) is 5.08. The third kappa shape index (κ3) is 4.03. The van der Waals surface area contributed by atoms with Crippen LogP contribution in [0.2, 0.25) is 0 Å². The van der Waals surface area contributed by atoms with Crippen LogP contribution in [-0.2, 0) is 4.74 Å². The predicted octanol–water partition coefficient (Wildman–Crippen LogP) is 3.05. The summed E-state index contributed by atoms with van der Waals surface area (Å²) < 4.78 is 42.3. The first kappa shape index (κ1) is 19.2. The number of H-pyrrole nitrogens is 1. The quantitative estimate of drug-likeness (QED) is 0.692. The van der Waals surface area contributed by atoms with Crippen molar-refractivity contribution in [2.75, 3.05) is 6.61 Å². The molecule has 1 aliphatic carbocycles. The van der Waals surface area contributed by atoms with E-state index in [-0.39, 0.29) is 17.6 Å². The van der Waals surface area contributed by atoms with Gasteiger partial charge in [-0.05, 0) is 31.7 Å². The number of rotatable bonds is 3. The minimum absolute atomic E-state index is 0.113. The number of amides is 1. The summed E-state index contributed by atoms with van der Waals surface area (Å²) in [7, 11) is 0. The molecular weight excluding hydrogens is 391 g/mol. The molecule has 0 aromatic carbocycles. The summed E-state index contributed by atoms with van der Waals surface area (Å²) in [6.07, 6.45) is 1.16. The molecule has 0 atom stereocenters. The second-order valence-corrected chi connectivity index (χ2v) is 7.04. The van der Waals surface area contributed by atoms with Gasteiger partial charge in [0.1, 0.15) is 11.2 Å². The van der Waals surface area contributed by atoms with Gasteiger partial charge in [0.05, 0.1) is 17.9 Å². The number of alkyl carbamates (subject to hydrolysis) is 1. The van der Waals surface area contributed by atoms with Crippen molar-refractivity contribution < 1.29 is 22.7 Å². The van der Waals surface area contributed by atoms with Crippen LogP contribution in [0.3, 0.4) is 0 Å². The zero-order chi connectivity index (χ0) is 20.6. The molecule has 29 heavy (non-hydrogen) atoms. The van der Waals surface area contributed by atoms with Gasteiger partial charge in [0, 0.05) is 23.7 Å². The standard InChI is InChI=1S/C18H18F3N5O3/c19-18(20,21)9-29-17(28)25-10-1-3-11(4-2-10)26-14(27)8-23-13-7-24-16-12(15(13)26)5-6-22-16/h5-8,10-11H,1-4,9H2,(H,22,24)(H,25,28). The first-order chi connectivity index (χ1) is 13.8. The second kappa shape index (κ2) is 7.37. The monoisotopic (exact) mass is 409 g/mol. The number of halogens is 3. The molecule has 11 heteroatoms. The molecule has 0 aliphatic heterocycles. The average Bonchev–Trinajstić information content (AvgIpc) is 3.16. The van der Waals surface area contributed by atoms with Gasteiger partial charge in [0.25, 0.3) is 5.56 Å². The molecule has 0 spiro atoms. The summed E-state index contributed by atoms with van der Waals surface area (Å²) in [5, 5.41) is 3.26. The van der Waals surface area contributed by atoms with Crippen LogP contribution in [0, 0.1) is 0 Å². The molecule has 2 N–H and O–H groups in total. The highest BCUT2D eigenvalue weighted by molar-refractivity contribution is 6.00. The van der Waals surface area contributed by atoms with E-state index in [9.17, 15) is 22.8 Å². The van der Waals surface area contributed by atoms with E-state index < -0.39 is 18.9 Å². The maximum Gasteiger partial charge on any atom is 0.422 e. The van der Waals surface area contributed by atoms with Gasteiger partial charge in [-0.15, -0.1) is 0 Å². The molecule has 1 saturated carbocycles. The number of carbonyl (C=O) groups excluding carboxylic acids is 1. The zero-order valence-corrected chi connectivity index (χ0v) is 15.2. The normalized spacial score (nSPS) is 20.1. The van der Waals surface area contributed by atoms with Crippen LogP contribution in [0.5, 0.6) is 0 Å². The van der Waals surface area contributed by atoms with E-state index in [4.69, 9.17) is 0 Å². The smallest absolute Gasteiger partial charge is 0.422 e. The highest BCUT2D eigenvalue weighted by atomic mass is 19.4. The fourth-order valence-corrected chi connectivity index (χ4v) is 3.82. The number of ether oxygens (including phenoxy) is 1. The minimum Gasteiger partial charge on any atom is -0.440 e. The van der Waals surface area contributed by atoms with Gasteiger partial charge in [0.15, 0.2) is 6.61 Å². The number of pyridine rings is 1. The molecule has 0 saturated heterocycles. The summed E-state index contributed by atoms with van der Waals surface area (Å²) in [5.41, 5.74) is 1.73. The van der Waals surface area contributed by atoms with Crippen molar-refractivity contribution in [2.24, 2.45) is 0 Å². The highest BCUT2D eigenvalue weighted by Gasteiger charge is 2.31. The van der Waals surface area contributed by atoms with E-state index in [1.807, 2.05) is 6.07 Å². The largest absolute Gasteiger partial charge is 0.440 e. The van der Waals surface area contributed by atoms with Crippen LogP contribution in [-0.4, -0.2) is 44.4 Å². The van der Waals surface area contributed by atoms with Gasteiger partial charge in [-0.25, -0.2) is 14.8 Å². The van der Waals surface area contributed by atoms with Crippen molar-refractivity contribution in [2.45, 2.75) is 43.9 Å². The summed E-state index contributed by atoms with van der Waals surface area (Å²) in [5.74, 6) is 0. The Hall–Kier alpha value is -3.11. The first-order valence-corrected chi connectivity index (χ1v) is 9.15. The number of carbonyl (C=O) groups is 1. The number of aromatic nitrogens is 4. The van der Waals surface area contributed by atoms with Gasteiger partial charge in [0.2, 0.25) is 0 Å². The lowest BCUT2D eigenvalue weighted by Crippen LogP contribution is -2.40. The van der Waals surface area contributed by atoms with Gasteiger partial charge in [-0.3, -0.25) is 4.79 Å². The second-order valence-electron chi connectivity index (χ2n) is 7.04. The fraction of sp³-hybridized carbons (Fsp3) is 0.444. The van der Waals surface area contributed by atoms with Crippen molar-refractivity contribution in [1.82, 2.24) is 24.8 Å². The first-order valence-electron chi connectivity index (χ1n) is 9.15. The fourth-order valence-electron chi connectivity index (χ4n) is 3.82. The van der Waals surface area contributed by atoms with Crippen LogP contribution >= 0.6 is 0 Å². The summed E-state index contributed by atoms with van der Waals surface area (Å²) >= 11 is 0. The van der Waals surface area contributed by atoms with E-state index >= 15 is 0 Å². The van der Waals surface area contributed by atoms with E-state index in [1.165, 1.54) is 6.20 Å². The molecule has 1 aliphatic rings. The van der Waals surface area contributed by atoms with Crippen LogP contribution in [0.15, 0.2) is 29.5 Å². The number of hydrogen-bond acceptors (Lipinski definition) is 5.